The molecule has 0 radical (unpaired) electrons. The maximum Gasteiger partial charge on any atom is 0.230 e. The van der Waals surface area contributed by atoms with Gasteiger partial charge in [0, 0.05) is 22.8 Å². The number of aryl methyl sites for hydroxylation is 1. The Balaban J connectivity index is 1.74. The predicted molar refractivity (Wildman–Crippen MR) is 78.5 cm³/mol. The van der Waals surface area contributed by atoms with Crippen molar-refractivity contribution in [2.45, 2.75) is 42.8 Å². The van der Waals surface area contributed by atoms with Gasteiger partial charge in [-0.3, -0.25) is 4.79 Å². The number of carbonyl (C=O) groups is 1. The van der Waals surface area contributed by atoms with Crippen LogP contribution in [-0.4, -0.2) is 28.7 Å². The molecule has 1 aliphatic carbocycles. The van der Waals surface area contributed by atoms with Crippen LogP contribution in [0.15, 0.2) is 11.4 Å². The number of carbonyl (C=O) groups excluding carboxylic acids is 1. The summed E-state index contributed by atoms with van der Waals surface area (Å²) < 4.78 is 0. The zero-order valence-corrected chi connectivity index (χ0v) is 12.8. The van der Waals surface area contributed by atoms with Gasteiger partial charge in [0.25, 0.3) is 0 Å². The Hall–Kier alpha value is -0.350. The SMILES string of the molecule is O=C(C1CCCc2sccc21)N1CCC(Br)CC1. The van der Waals surface area contributed by atoms with E-state index in [0.29, 0.717) is 10.7 Å². The highest BCUT2D eigenvalue weighted by molar-refractivity contribution is 9.09. The van der Waals surface area contributed by atoms with Crippen LogP contribution in [-0.2, 0) is 11.2 Å². The van der Waals surface area contributed by atoms with E-state index in [2.05, 4.69) is 32.3 Å². The molecule has 0 saturated carbocycles. The first-order valence-corrected chi connectivity index (χ1v) is 8.54. The molecular weight excluding hydrogens is 310 g/mol. The molecule has 2 aliphatic rings. The number of amides is 1. The van der Waals surface area contributed by atoms with Crippen LogP contribution in [0, 0.1) is 0 Å². The van der Waals surface area contributed by atoms with E-state index in [0.717, 1.165) is 32.4 Å². The van der Waals surface area contributed by atoms with Gasteiger partial charge >= 0.3 is 0 Å². The molecule has 0 bridgehead atoms. The molecule has 1 fully saturated rings. The van der Waals surface area contributed by atoms with Crippen LogP contribution in [0.2, 0.25) is 0 Å². The van der Waals surface area contributed by atoms with E-state index in [9.17, 15) is 4.79 Å². The van der Waals surface area contributed by atoms with Crippen LogP contribution in [0.3, 0.4) is 0 Å². The second-order valence-electron chi connectivity index (χ2n) is 5.24. The molecule has 1 amide bonds. The second-order valence-corrected chi connectivity index (χ2v) is 7.54. The van der Waals surface area contributed by atoms with Gasteiger partial charge in [-0.05, 0) is 49.1 Å². The minimum atomic E-state index is 0.145. The topological polar surface area (TPSA) is 20.3 Å². The molecule has 3 rings (SSSR count). The molecule has 2 nitrogen and oxygen atoms in total. The summed E-state index contributed by atoms with van der Waals surface area (Å²) in [5, 5.41) is 2.14. The number of hydrogen-bond acceptors (Lipinski definition) is 2. The zero-order valence-electron chi connectivity index (χ0n) is 10.4. The fourth-order valence-electron chi connectivity index (χ4n) is 3.03. The van der Waals surface area contributed by atoms with Crippen LogP contribution in [0.4, 0.5) is 0 Å². The quantitative estimate of drug-likeness (QED) is 0.722. The molecule has 1 unspecified atom stereocenters. The number of likely N-dealkylation sites (tertiary alicyclic amines) is 1. The van der Waals surface area contributed by atoms with Crippen LogP contribution in [0.25, 0.3) is 0 Å². The number of nitrogens with zero attached hydrogens (tertiary/aromatic N) is 1. The average Bonchev–Trinajstić information content (AvgIpc) is 2.87. The zero-order chi connectivity index (χ0) is 12.5. The lowest BCUT2D eigenvalue weighted by Crippen LogP contribution is -2.41. The van der Waals surface area contributed by atoms with Crippen molar-refractivity contribution in [3.63, 3.8) is 0 Å². The van der Waals surface area contributed by atoms with E-state index < -0.39 is 0 Å². The monoisotopic (exact) mass is 327 g/mol. The Labute approximate surface area is 120 Å². The highest BCUT2D eigenvalue weighted by atomic mass is 79.9. The molecule has 2 heterocycles. The van der Waals surface area contributed by atoms with Gasteiger partial charge in [-0.2, -0.15) is 0 Å². The van der Waals surface area contributed by atoms with E-state index in [1.807, 2.05) is 11.3 Å². The summed E-state index contributed by atoms with van der Waals surface area (Å²) in [6.07, 6.45) is 5.56. The van der Waals surface area contributed by atoms with Crippen molar-refractivity contribution < 1.29 is 4.79 Å². The lowest BCUT2D eigenvalue weighted by Gasteiger charge is -2.33. The number of alkyl halides is 1. The van der Waals surface area contributed by atoms with Crippen molar-refractivity contribution in [3.05, 3.63) is 21.9 Å². The Morgan fingerprint density at radius 1 is 1.33 bits per heavy atom. The van der Waals surface area contributed by atoms with E-state index >= 15 is 0 Å². The summed E-state index contributed by atoms with van der Waals surface area (Å²) in [5.74, 6) is 0.514. The van der Waals surface area contributed by atoms with Gasteiger partial charge in [-0.1, -0.05) is 15.9 Å². The third-order valence-corrected chi connectivity index (χ3v) is 6.00. The van der Waals surface area contributed by atoms with Crippen LogP contribution in [0.5, 0.6) is 0 Å². The molecule has 1 aromatic heterocycles. The number of hydrogen-bond donors (Lipinski definition) is 0. The Kier molecular flexibility index (Phi) is 3.76. The van der Waals surface area contributed by atoms with Crippen molar-refractivity contribution in [1.29, 1.82) is 0 Å². The minimum absolute atomic E-state index is 0.145. The molecule has 1 saturated heterocycles. The number of fused-ring (bicyclic) bond motifs is 1. The normalized spacial score (nSPS) is 24.9. The average molecular weight is 328 g/mol. The van der Waals surface area contributed by atoms with Gasteiger partial charge in [-0.15, -0.1) is 11.3 Å². The molecule has 1 atom stereocenters. The fraction of sp³-hybridized carbons (Fsp3) is 0.643. The predicted octanol–water partition coefficient (Wildman–Crippen LogP) is 3.55. The Morgan fingerprint density at radius 3 is 2.89 bits per heavy atom. The molecule has 1 aliphatic heterocycles. The van der Waals surface area contributed by atoms with Gasteiger partial charge < -0.3 is 4.90 Å². The van der Waals surface area contributed by atoms with Gasteiger partial charge in [0.15, 0.2) is 0 Å². The number of halogens is 1. The summed E-state index contributed by atoms with van der Waals surface area (Å²) in [6, 6.07) is 2.17. The number of rotatable bonds is 1. The van der Waals surface area contributed by atoms with Crippen LogP contribution >= 0.6 is 27.3 Å². The smallest absolute Gasteiger partial charge is 0.230 e. The first kappa shape index (κ1) is 12.7. The standard InChI is InChI=1S/C14H18BrNOS/c15-10-4-7-16(8-5-10)14(17)12-2-1-3-13-11(12)6-9-18-13/h6,9-10,12H,1-5,7-8H2. The molecule has 0 N–H and O–H groups in total. The van der Waals surface area contributed by atoms with Crippen molar-refractivity contribution >= 4 is 33.2 Å². The van der Waals surface area contributed by atoms with Gasteiger partial charge in [-0.25, -0.2) is 0 Å². The lowest BCUT2D eigenvalue weighted by molar-refractivity contribution is -0.134. The lowest BCUT2D eigenvalue weighted by atomic mass is 9.86. The molecule has 1 aromatic rings. The third-order valence-electron chi connectivity index (χ3n) is 4.09. The fourth-order valence-corrected chi connectivity index (χ4v) is 4.43. The molecule has 0 aromatic carbocycles. The van der Waals surface area contributed by atoms with Gasteiger partial charge in [0.2, 0.25) is 5.91 Å². The second kappa shape index (κ2) is 5.33. The summed E-state index contributed by atoms with van der Waals surface area (Å²) in [7, 11) is 0. The molecule has 98 valence electrons. The van der Waals surface area contributed by atoms with Crippen molar-refractivity contribution in [2.24, 2.45) is 0 Å². The van der Waals surface area contributed by atoms with E-state index in [1.165, 1.54) is 23.3 Å². The van der Waals surface area contributed by atoms with Gasteiger partial charge in [0.1, 0.15) is 0 Å². The summed E-state index contributed by atoms with van der Waals surface area (Å²) in [6.45, 7) is 1.84. The van der Waals surface area contributed by atoms with E-state index in [4.69, 9.17) is 0 Å². The van der Waals surface area contributed by atoms with Crippen LogP contribution in [0.1, 0.15) is 42.0 Å². The first-order chi connectivity index (χ1) is 8.75. The van der Waals surface area contributed by atoms with Crippen LogP contribution < -0.4 is 0 Å². The van der Waals surface area contributed by atoms with Crippen molar-refractivity contribution in [1.82, 2.24) is 4.90 Å². The highest BCUT2D eigenvalue weighted by Crippen LogP contribution is 2.36. The summed E-state index contributed by atoms with van der Waals surface area (Å²) in [5.41, 5.74) is 1.32. The highest BCUT2D eigenvalue weighted by Gasteiger charge is 2.32. The first-order valence-electron chi connectivity index (χ1n) is 6.75. The summed E-state index contributed by atoms with van der Waals surface area (Å²) in [4.78, 5) is 16.8. The van der Waals surface area contributed by atoms with E-state index in [-0.39, 0.29) is 5.92 Å². The molecular formula is C14H18BrNOS. The third kappa shape index (κ3) is 2.37. The molecule has 18 heavy (non-hydrogen) atoms. The van der Waals surface area contributed by atoms with E-state index in [1.54, 1.807) is 0 Å². The maximum absolute atomic E-state index is 12.6. The molecule has 0 spiro atoms. The molecule has 4 heteroatoms. The Morgan fingerprint density at radius 2 is 2.11 bits per heavy atom. The van der Waals surface area contributed by atoms with Crippen molar-refractivity contribution in [2.75, 3.05) is 13.1 Å². The van der Waals surface area contributed by atoms with Crippen molar-refractivity contribution in [3.8, 4) is 0 Å². The number of piperidine rings is 1. The minimum Gasteiger partial charge on any atom is -0.342 e. The summed E-state index contributed by atoms with van der Waals surface area (Å²) >= 11 is 5.46. The Bertz CT molecular complexity index is 437. The van der Waals surface area contributed by atoms with Gasteiger partial charge in [0.05, 0.1) is 5.92 Å². The number of thiophene rings is 1. The largest absolute Gasteiger partial charge is 0.342 e. The maximum atomic E-state index is 12.6.